The number of hydrogen-bond acceptors (Lipinski definition) is 6. The summed E-state index contributed by atoms with van der Waals surface area (Å²) in [4.78, 5) is 22.8. The molecule has 1 heterocycles. The standard InChI is InChI=1S/C11H10N4O3S/c1-7-14-15-10(19-7)12-9(16)13-11(17)18-8-5-3-2-4-6-8/h2-6H,1H3,(H2,12,13,15,16,17). The lowest BCUT2D eigenvalue weighted by Crippen LogP contribution is -2.36. The molecule has 0 aliphatic carbocycles. The molecule has 98 valence electrons. The van der Waals surface area contributed by atoms with E-state index in [-0.39, 0.29) is 0 Å². The van der Waals surface area contributed by atoms with E-state index >= 15 is 0 Å². The van der Waals surface area contributed by atoms with Gasteiger partial charge in [-0.05, 0) is 19.1 Å². The predicted molar refractivity (Wildman–Crippen MR) is 69.3 cm³/mol. The third-order valence-electron chi connectivity index (χ3n) is 1.92. The third kappa shape index (κ3) is 4.03. The number of nitrogens with one attached hydrogen (secondary N) is 2. The minimum Gasteiger partial charge on any atom is -0.410 e. The lowest BCUT2D eigenvalue weighted by Gasteiger charge is -2.05. The van der Waals surface area contributed by atoms with Gasteiger partial charge in [-0.15, -0.1) is 10.2 Å². The Hall–Kier alpha value is -2.48. The average Bonchev–Trinajstić information content (AvgIpc) is 2.75. The van der Waals surface area contributed by atoms with Crippen LogP contribution in [-0.4, -0.2) is 22.3 Å². The Bertz CT molecular complexity index is 585. The first kappa shape index (κ1) is 13.0. The van der Waals surface area contributed by atoms with Crippen LogP contribution in [0.15, 0.2) is 30.3 Å². The van der Waals surface area contributed by atoms with Gasteiger partial charge in [-0.1, -0.05) is 29.5 Å². The van der Waals surface area contributed by atoms with Crippen LogP contribution < -0.4 is 15.4 Å². The van der Waals surface area contributed by atoms with Crippen LogP contribution >= 0.6 is 11.3 Å². The van der Waals surface area contributed by atoms with Crippen LogP contribution in [0.1, 0.15) is 5.01 Å². The van der Waals surface area contributed by atoms with E-state index in [4.69, 9.17) is 4.74 Å². The highest BCUT2D eigenvalue weighted by molar-refractivity contribution is 7.15. The zero-order chi connectivity index (χ0) is 13.7. The Labute approximate surface area is 112 Å². The van der Waals surface area contributed by atoms with E-state index < -0.39 is 12.1 Å². The van der Waals surface area contributed by atoms with Crippen molar-refractivity contribution in [3.63, 3.8) is 0 Å². The minimum atomic E-state index is -0.870. The second-order valence-electron chi connectivity index (χ2n) is 3.41. The number of hydrogen-bond donors (Lipinski definition) is 2. The summed E-state index contributed by atoms with van der Waals surface area (Å²) in [5.74, 6) is 0.347. The zero-order valence-electron chi connectivity index (χ0n) is 9.91. The highest BCUT2D eigenvalue weighted by Gasteiger charge is 2.11. The molecule has 19 heavy (non-hydrogen) atoms. The Morgan fingerprint density at radius 3 is 2.58 bits per heavy atom. The largest absolute Gasteiger partial charge is 0.420 e. The summed E-state index contributed by atoms with van der Waals surface area (Å²) in [5, 5.41) is 12.8. The molecular formula is C11H10N4O3S. The topological polar surface area (TPSA) is 93.2 Å². The Balaban J connectivity index is 1.84. The minimum absolute atomic E-state index is 0.308. The fraction of sp³-hybridized carbons (Fsp3) is 0.0909. The SMILES string of the molecule is Cc1nnc(NC(=O)NC(=O)Oc2ccccc2)s1. The molecular weight excluding hydrogens is 268 g/mol. The average molecular weight is 278 g/mol. The molecule has 1 aromatic carbocycles. The van der Waals surface area contributed by atoms with Gasteiger partial charge in [0.1, 0.15) is 10.8 Å². The van der Waals surface area contributed by atoms with E-state index in [9.17, 15) is 9.59 Å². The molecule has 0 atom stereocenters. The summed E-state index contributed by atoms with van der Waals surface area (Å²) in [6.45, 7) is 1.75. The van der Waals surface area contributed by atoms with Crippen molar-refractivity contribution >= 4 is 28.6 Å². The lowest BCUT2D eigenvalue weighted by atomic mass is 10.3. The highest BCUT2D eigenvalue weighted by atomic mass is 32.1. The number of ether oxygens (including phenoxy) is 1. The van der Waals surface area contributed by atoms with Gasteiger partial charge in [0.25, 0.3) is 0 Å². The van der Waals surface area contributed by atoms with Gasteiger partial charge in [0, 0.05) is 0 Å². The molecule has 0 spiro atoms. The van der Waals surface area contributed by atoms with E-state index in [1.165, 1.54) is 11.3 Å². The number of para-hydroxylation sites is 1. The van der Waals surface area contributed by atoms with Gasteiger partial charge in [0.05, 0.1) is 0 Å². The van der Waals surface area contributed by atoms with Crippen molar-refractivity contribution in [2.24, 2.45) is 0 Å². The number of nitrogens with zero attached hydrogens (tertiary/aromatic N) is 2. The number of aryl methyl sites for hydroxylation is 1. The fourth-order valence-electron chi connectivity index (χ4n) is 1.19. The molecule has 0 aliphatic rings. The van der Waals surface area contributed by atoms with E-state index in [2.05, 4.69) is 15.5 Å². The number of benzene rings is 1. The summed E-state index contributed by atoms with van der Waals surface area (Å²) >= 11 is 1.20. The second-order valence-corrected chi connectivity index (χ2v) is 4.59. The van der Waals surface area contributed by atoms with Crippen molar-refractivity contribution in [3.05, 3.63) is 35.3 Å². The normalized spacial score (nSPS) is 9.74. The quantitative estimate of drug-likeness (QED) is 0.878. The van der Waals surface area contributed by atoms with Gasteiger partial charge in [0.15, 0.2) is 0 Å². The highest BCUT2D eigenvalue weighted by Crippen LogP contribution is 2.13. The maximum atomic E-state index is 11.4. The monoisotopic (exact) mass is 278 g/mol. The van der Waals surface area contributed by atoms with Crippen LogP contribution in [0.3, 0.4) is 0 Å². The van der Waals surface area contributed by atoms with Gasteiger partial charge in [-0.25, -0.2) is 14.9 Å². The van der Waals surface area contributed by atoms with E-state index in [1.54, 1.807) is 37.3 Å². The molecule has 0 unspecified atom stereocenters. The Morgan fingerprint density at radius 1 is 1.21 bits per heavy atom. The maximum absolute atomic E-state index is 11.4. The number of aromatic nitrogens is 2. The van der Waals surface area contributed by atoms with Crippen molar-refractivity contribution in [3.8, 4) is 5.75 Å². The summed E-state index contributed by atoms with van der Waals surface area (Å²) in [7, 11) is 0. The van der Waals surface area contributed by atoms with E-state index in [0.29, 0.717) is 15.9 Å². The van der Waals surface area contributed by atoms with Gasteiger partial charge in [0.2, 0.25) is 5.13 Å². The van der Waals surface area contributed by atoms with Gasteiger partial charge in [-0.3, -0.25) is 5.32 Å². The number of carbonyl (C=O) groups is 2. The number of amides is 3. The number of imide groups is 1. The Kier molecular flexibility index (Phi) is 4.04. The maximum Gasteiger partial charge on any atom is 0.420 e. The lowest BCUT2D eigenvalue weighted by molar-refractivity contribution is 0.199. The molecule has 0 saturated heterocycles. The molecule has 0 radical (unpaired) electrons. The van der Waals surface area contributed by atoms with Crippen molar-refractivity contribution in [2.45, 2.75) is 6.92 Å². The molecule has 2 aromatic rings. The van der Waals surface area contributed by atoms with Crippen LogP contribution in [0.25, 0.3) is 0 Å². The number of rotatable bonds is 2. The van der Waals surface area contributed by atoms with Crippen LogP contribution in [0.2, 0.25) is 0 Å². The zero-order valence-corrected chi connectivity index (χ0v) is 10.7. The summed E-state index contributed by atoms with van der Waals surface area (Å²) in [6.07, 6.45) is -0.870. The molecule has 2 N–H and O–H groups in total. The van der Waals surface area contributed by atoms with Crippen LogP contribution in [0.4, 0.5) is 14.7 Å². The van der Waals surface area contributed by atoms with E-state index in [0.717, 1.165) is 0 Å². The summed E-state index contributed by atoms with van der Waals surface area (Å²) < 4.78 is 4.88. The smallest absolute Gasteiger partial charge is 0.410 e. The first-order valence-corrected chi connectivity index (χ1v) is 6.10. The first-order valence-electron chi connectivity index (χ1n) is 5.28. The molecule has 3 amide bonds. The molecule has 7 nitrogen and oxygen atoms in total. The molecule has 0 fully saturated rings. The molecule has 0 saturated carbocycles. The van der Waals surface area contributed by atoms with Crippen molar-refractivity contribution in [1.29, 1.82) is 0 Å². The molecule has 1 aromatic heterocycles. The third-order valence-corrected chi connectivity index (χ3v) is 2.67. The summed E-state index contributed by atoms with van der Waals surface area (Å²) in [5.41, 5.74) is 0. The second kappa shape index (κ2) is 5.91. The molecule has 8 heteroatoms. The predicted octanol–water partition coefficient (Wildman–Crippen LogP) is 2.17. The molecule has 2 rings (SSSR count). The fourth-order valence-corrected chi connectivity index (χ4v) is 1.78. The Morgan fingerprint density at radius 2 is 1.95 bits per heavy atom. The van der Waals surface area contributed by atoms with E-state index in [1.807, 2.05) is 5.32 Å². The number of anilines is 1. The molecule has 0 bridgehead atoms. The summed E-state index contributed by atoms with van der Waals surface area (Å²) in [6, 6.07) is 7.70. The number of urea groups is 1. The van der Waals surface area contributed by atoms with Gasteiger partial charge in [-0.2, -0.15) is 0 Å². The number of carbonyl (C=O) groups excluding carboxylic acids is 2. The molecule has 0 aliphatic heterocycles. The van der Waals surface area contributed by atoms with Gasteiger partial charge >= 0.3 is 12.1 Å². The van der Waals surface area contributed by atoms with Crippen LogP contribution in [0, 0.1) is 6.92 Å². The first-order chi connectivity index (χ1) is 9.13. The van der Waals surface area contributed by atoms with Crippen LogP contribution in [0.5, 0.6) is 5.75 Å². The van der Waals surface area contributed by atoms with Crippen molar-refractivity contribution in [1.82, 2.24) is 15.5 Å². The van der Waals surface area contributed by atoms with Crippen molar-refractivity contribution in [2.75, 3.05) is 5.32 Å². The van der Waals surface area contributed by atoms with Crippen LogP contribution in [-0.2, 0) is 0 Å². The van der Waals surface area contributed by atoms with Gasteiger partial charge < -0.3 is 4.74 Å². The van der Waals surface area contributed by atoms with Crippen molar-refractivity contribution < 1.29 is 14.3 Å².